The van der Waals surface area contributed by atoms with E-state index < -0.39 is 11.8 Å². The van der Waals surface area contributed by atoms with E-state index in [2.05, 4.69) is 22.4 Å². The highest BCUT2D eigenvalue weighted by Crippen LogP contribution is 2.40. The van der Waals surface area contributed by atoms with Gasteiger partial charge in [-0.15, -0.1) is 5.10 Å². The predicted molar refractivity (Wildman–Crippen MR) is 102 cm³/mol. The number of benzene rings is 1. The Labute approximate surface area is 165 Å². The number of aromatic nitrogens is 2. The Balaban J connectivity index is 1.68. The second-order valence-corrected chi connectivity index (χ2v) is 7.66. The third kappa shape index (κ3) is 3.24. The molecule has 0 spiro atoms. The molecule has 1 aromatic heterocycles. The lowest BCUT2D eigenvalue weighted by atomic mass is 9.98. The van der Waals surface area contributed by atoms with Gasteiger partial charge in [-0.05, 0) is 38.8 Å². The standard InChI is InChI=1S/C18H21ClN4O5/c1-22-9-3-4-10(22)6-11(5-9)23-18(26)28-16(21-23)12-7-13(19)14(20-17(24)25)8-15(12)27-2/h7-11,20H,3-6H2,1-2H3,(H,24,25). The number of anilines is 1. The van der Waals surface area contributed by atoms with Crippen molar-refractivity contribution in [2.45, 2.75) is 43.8 Å². The molecule has 3 heterocycles. The van der Waals surface area contributed by atoms with Crippen LogP contribution in [0.25, 0.3) is 11.5 Å². The van der Waals surface area contributed by atoms with E-state index in [9.17, 15) is 9.59 Å². The first-order chi connectivity index (χ1) is 13.4. The van der Waals surface area contributed by atoms with E-state index in [0.717, 1.165) is 25.7 Å². The summed E-state index contributed by atoms with van der Waals surface area (Å²) in [5.74, 6) is -0.128. The van der Waals surface area contributed by atoms with Gasteiger partial charge in [0.1, 0.15) is 5.75 Å². The van der Waals surface area contributed by atoms with E-state index in [4.69, 9.17) is 25.9 Å². The van der Waals surface area contributed by atoms with Crippen molar-refractivity contribution in [2.75, 3.05) is 19.5 Å². The van der Waals surface area contributed by atoms with Crippen molar-refractivity contribution in [1.82, 2.24) is 14.7 Å². The first kappa shape index (κ1) is 18.8. The number of nitrogens with one attached hydrogen (secondary N) is 1. The number of halogens is 1. The predicted octanol–water partition coefficient (Wildman–Crippen LogP) is 3.05. The molecule has 4 rings (SSSR count). The highest BCUT2D eigenvalue weighted by atomic mass is 35.5. The van der Waals surface area contributed by atoms with Gasteiger partial charge in [0, 0.05) is 18.2 Å². The fourth-order valence-electron chi connectivity index (χ4n) is 4.31. The lowest BCUT2D eigenvalue weighted by Crippen LogP contribution is -2.42. The number of fused-ring (bicyclic) bond motifs is 2. The van der Waals surface area contributed by atoms with Gasteiger partial charge in [-0.3, -0.25) is 5.32 Å². The van der Waals surface area contributed by atoms with Gasteiger partial charge in [-0.1, -0.05) is 11.6 Å². The molecule has 9 nitrogen and oxygen atoms in total. The van der Waals surface area contributed by atoms with Gasteiger partial charge in [0.25, 0.3) is 5.89 Å². The fourth-order valence-corrected chi connectivity index (χ4v) is 4.52. The fraction of sp³-hybridized carbons (Fsp3) is 0.500. The normalized spacial score (nSPS) is 24.3. The molecule has 2 saturated heterocycles. The van der Waals surface area contributed by atoms with Gasteiger partial charge in [-0.25, -0.2) is 9.59 Å². The van der Waals surface area contributed by atoms with Crippen LogP contribution in [0.15, 0.2) is 21.3 Å². The Morgan fingerprint density at radius 3 is 2.61 bits per heavy atom. The van der Waals surface area contributed by atoms with E-state index in [1.807, 2.05) is 0 Å². The van der Waals surface area contributed by atoms with Crippen molar-refractivity contribution in [3.63, 3.8) is 0 Å². The molecule has 2 N–H and O–H groups in total. The third-order valence-corrected chi connectivity index (χ3v) is 6.06. The average molecular weight is 409 g/mol. The Morgan fingerprint density at radius 2 is 2.00 bits per heavy atom. The molecule has 2 fully saturated rings. The first-order valence-electron chi connectivity index (χ1n) is 9.06. The number of carbonyl (C=O) groups is 1. The molecule has 1 amide bonds. The maximum Gasteiger partial charge on any atom is 0.437 e. The minimum absolute atomic E-state index is 0.00637. The molecule has 2 aliphatic rings. The summed E-state index contributed by atoms with van der Waals surface area (Å²) >= 11 is 6.17. The molecule has 150 valence electrons. The smallest absolute Gasteiger partial charge is 0.437 e. The van der Waals surface area contributed by atoms with Gasteiger partial charge in [0.15, 0.2) is 0 Å². The molecule has 2 atom stereocenters. The molecule has 0 radical (unpaired) electrons. The molecule has 2 bridgehead atoms. The highest BCUT2D eigenvalue weighted by Gasteiger charge is 2.40. The van der Waals surface area contributed by atoms with Crippen LogP contribution in [0.3, 0.4) is 0 Å². The molecule has 2 aromatic rings. The number of hydrogen-bond donors (Lipinski definition) is 2. The Kier molecular flexibility index (Phi) is 4.80. The number of hydrogen-bond acceptors (Lipinski definition) is 6. The Morgan fingerprint density at radius 1 is 1.32 bits per heavy atom. The Bertz CT molecular complexity index is 957. The van der Waals surface area contributed by atoms with Crippen molar-refractivity contribution in [1.29, 1.82) is 0 Å². The summed E-state index contributed by atoms with van der Waals surface area (Å²) in [6, 6.07) is 3.82. The minimum Gasteiger partial charge on any atom is -0.496 e. The van der Waals surface area contributed by atoms with Gasteiger partial charge < -0.3 is 19.2 Å². The minimum atomic E-state index is -1.25. The molecule has 2 aliphatic heterocycles. The zero-order valence-corrected chi connectivity index (χ0v) is 16.3. The van der Waals surface area contributed by atoms with Crippen molar-refractivity contribution < 1.29 is 19.1 Å². The summed E-state index contributed by atoms with van der Waals surface area (Å²) in [5, 5.41) is 15.7. The van der Waals surface area contributed by atoms with E-state index in [1.54, 1.807) is 0 Å². The van der Waals surface area contributed by atoms with Crippen LogP contribution in [0.2, 0.25) is 5.02 Å². The summed E-state index contributed by atoms with van der Waals surface area (Å²) in [4.78, 5) is 25.8. The number of rotatable bonds is 4. The number of ether oxygens (including phenoxy) is 1. The number of amides is 1. The molecule has 10 heteroatoms. The monoisotopic (exact) mass is 408 g/mol. The van der Waals surface area contributed by atoms with Crippen LogP contribution >= 0.6 is 11.6 Å². The van der Waals surface area contributed by atoms with E-state index in [-0.39, 0.29) is 22.6 Å². The zero-order valence-electron chi connectivity index (χ0n) is 15.5. The number of piperidine rings is 1. The van der Waals surface area contributed by atoms with Gasteiger partial charge in [0.05, 0.1) is 29.4 Å². The first-order valence-corrected chi connectivity index (χ1v) is 9.44. The Hall–Kier alpha value is -2.52. The van der Waals surface area contributed by atoms with Crippen molar-refractivity contribution in [3.8, 4) is 17.2 Å². The summed E-state index contributed by atoms with van der Waals surface area (Å²) in [6.45, 7) is 0. The van der Waals surface area contributed by atoms with Crippen LogP contribution in [0, 0.1) is 0 Å². The maximum absolute atomic E-state index is 12.5. The molecule has 1 aromatic carbocycles. The molecule has 0 aliphatic carbocycles. The van der Waals surface area contributed by atoms with Crippen LogP contribution in [-0.4, -0.2) is 52.1 Å². The molecule has 2 unspecified atom stereocenters. The molecular weight excluding hydrogens is 388 g/mol. The quantitative estimate of drug-likeness (QED) is 0.799. The summed E-state index contributed by atoms with van der Waals surface area (Å²) in [6.07, 6.45) is 2.75. The van der Waals surface area contributed by atoms with E-state index >= 15 is 0 Å². The van der Waals surface area contributed by atoms with Crippen LogP contribution < -0.4 is 15.8 Å². The van der Waals surface area contributed by atoms with Gasteiger partial charge in [0.2, 0.25) is 0 Å². The number of methoxy groups -OCH3 is 1. The SMILES string of the molecule is COc1cc(NC(=O)O)c(Cl)cc1-c1nn(C2CC3CCC(C2)N3C)c(=O)o1. The zero-order chi connectivity index (χ0) is 20.0. The second-order valence-electron chi connectivity index (χ2n) is 7.26. The number of nitrogens with zero attached hydrogens (tertiary/aromatic N) is 3. The van der Waals surface area contributed by atoms with Crippen molar-refractivity contribution in [3.05, 3.63) is 27.7 Å². The van der Waals surface area contributed by atoms with Gasteiger partial charge >= 0.3 is 11.8 Å². The molecular formula is C18H21ClN4O5. The highest BCUT2D eigenvalue weighted by molar-refractivity contribution is 6.34. The van der Waals surface area contributed by atoms with E-state index in [1.165, 1.54) is 23.9 Å². The summed E-state index contributed by atoms with van der Waals surface area (Å²) < 4.78 is 12.1. The van der Waals surface area contributed by atoms with Gasteiger partial charge in [-0.2, -0.15) is 4.68 Å². The van der Waals surface area contributed by atoms with Crippen LogP contribution in [-0.2, 0) is 0 Å². The van der Waals surface area contributed by atoms with Crippen LogP contribution in [0.5, 0.6) is 5.75 Å². The third-order valence-electron chi connectivity index (χ3n) is 5.75. The number of carboxylic acid groups (broad SMARTS) is 1. The average Bonchev–Trinajstić information content (AvgIpc) is 3.10. The lowest BCUT2D eigenvalue weighted by molar-refractivity contribution is 0.128. The maximum atomic E-state index is 12.5. The van der Waals surface area contributed by atoms with Crippen molar-refractivity contribution >= 4 is 23.4 Å². The summed E-state index contributed by atoms with van der Waals surface area (Å²) in [7, 11) is 3.57. The van der Waals surface area contributed by atoms with E-state index in [0.29, 0.717) is 23.4 Å². The molecule has 28 heavy (non-hydrogen) atoms. The van der Waals surface area contributed by atoms with Crippen LogP contribution in [0.4, 0.5) is 10.5 Å². The topological polar surface area (TPSA) is 110 Å². The van der Waals surface area contributed by atoms with Crippen molar-refractivity contribution in [2.24, 2.45) is 0 Å². The second kappa shape index (κ2) is 7.14. The lowest BCUT2D eigenvalue weighted by Gasteiger charge is -2.35. The summed E-state index contributed by atoms with van der Waals surface area (Å²) in [5.41, 5.74) is 0.554. The molecule has 0 saturated carbocycles. The van der Waals surface area contributed by atoms with Crippen LogP contribution in [0.1, 0.15) is 31.7 Å². The largest absolute Gasteiger partial charge is 0.496 e.